The molecule has 1 aliphatic heterocycles. The van der Waals surface area contributed by atoms with Crippen molar-refractivity contribution in [1.82, 2.24) is 5.32 Å². The maximum atomic E-state index is 12.7. The zero-order valence-corrected chi connectivity index (χ0v) is 14.4. The van der Waals surface area contributed by atoms with Crippen LogP contribution in [0.1, 0.15) is 57.9 Å². The molecule has 23 heavy (non-hydrogen) atoms. The lowest BCUT2D eigenvalue weighted by Crippen LogP contribution is -2.38. The van der Waals surface area contributed by atoms with E-state index in [1.165, 1.54) is 28.8 Å². The van der Waals surface area contributed by atoms with E-state index >= 15 is 0 Å². The van der Waals surface area contributed by atoms with Gasteiger partial charge in [-0.3, -0.25) is 4.79 Å². The molecule has 2 heterocycles. The molecule has 1 aromatic heterocycles. The van der Waals surface area contributed by atoms with Crippen molar-refractivity contribution in [1.29, 1.82) is 0 Å². The number of thiophene rings is 1. The zero-order chi connectivity index (χ0) is 16.0. The van der Waals surface area contributed by atoms with Crippen molar-refractivity contribution >= 4 is 22.2 Å². The van der Waals surface area contributed by atoms with Crippen LogP contribution in [0.4, 0.5) is 5.00 Å². The Hall–Kier alpha value is -1.81. The smallest absolute Gasteiger partial charge is 0.256 e. The first-order valence-corrected chi connectivity index (χ1v) is 9.26. The van der Waals surface area contributed by atoms with Crippen molar-refractivity contribution in [3.63, 3.8) is 0 Å². The van der Waals surface area contributed by atoms with Crippen molar-refractivity contribution in [2.24, 2.45) is 5.92 Å². The molecule has 0 radical (unpaired) electrons. The standard InChI is InChI=1S/C19H22N2OS/c1-3-12-8-9-14-15(10-12)23-19-16(14)18(22)20-17(21-19)13-7-5-4-6-11(13)2/h4-7,12,17,21H,3,8-10H2,1-2H3,(H,20,22)/t12-,17-/m1/s1. The minimum atomic E-state index is -0.127. The molecule has 3 nitrogen and oxygen atoms in total. The molecule has 2 aromatic rings. The SMILES string of the molecule is CC[C@@H]1CCc2c(sc3c2C(=O)N[C@@H](c2ccccc2C)N3)C1. The van der Waals surface area contributed by atoms with Gasteiger partial charge in [-0.15, -0.1) is 11.3 Å². The molecule has 0 saturated heterocycles. The number of rotatable bonds is 2. The van der Waals surface area contributed by atoms with Crippen molar-refractivity contribution in [2.75, 3.05) is 5.32 Å². The van der Waals surface area contributed by atoms with Crippen LogP contribution in [-0.4, -0.2) is 5.91 Å². The highest BCUT2D eigenvalue weighted by Crippen LogP contribution is 2.43. The molecule has 120 valence electrons. The van der Waals surface area contributed by atoms with E-state index in [2.05, 4.69) is 36.6 Å². The van der Waals surface area contributed by atoms with Gasteiger partial charge < -0.3 is 10.6 Å². The summed E-state index contributed by atoms with van der Waals surface area (Å²) in [5.41, 5.74) is 4.54. The highest BCUT2D eigenvalue weighted by Gasteiger charge is 2.33. The number of benzene rings is 1. The van der Waals surface area contributed by atoms with Gasteiger partial charge >= 0.3 is 0 Å². The fourth-order valence-corrected chi connectivity index (χ4v) is 5.17. The Balaban J connectivity index is 1.69. The van der Waals surface area contributed by atoms with E-state index in [0.717, 1.165) is 34.9 Å². The Bertz CT molecular complexity index is 765. The number of aryl methyl sites for hydroxylation is 1. The Morgan fingerprint density at radius 3 is 2.87 bits per heavy atom. The molecule has 4 rings (SSSR count). The molecule has 0 spiro atoms. The summed E-state index contributed by atoms with van der Waals surface area (Å²) in [4.78, 5) is 14.1. The highest BCUT2D eigenvalue weighted by atomic mass is 32.1. The van der Waals surface area contributed by atoms with Crippen LogP contribution >= 0.6 is 11.3 Å². The third-order valence-electron chi connectivity index (χ3n) is 5.22. The van der Waals surface area contributed by atoms with Gasteiger partial charge in [-0.2, -0.15) is 0 Å². The lowest BCUT2D eigenvalue weighted by molar-refractivity contribution is 0.0935. The van der Waals surface area contributed by atoms with Gasteiger partial charge in [0.15, 0.2) is 0 Å². The minimum Gasteiger partial charge on any atom is -0.353 e. The number of carbonyl (C=O) groups is 1. The van der Waals surface area contributed by atoms with Crippen LogP contribution in [0.25, 0.3) is 0 Å². The lowest BCUT2D eigenvalue weighted by Gasteiger charge is -2.28. The molecule has 4 heteroatoms. The molecule has 1 aromatic carbocycles. The largest absolute Gasteiger partial charge is 0.353 e. The van der Waals surface area contributed by atoms with Crippen LogP contribution < -0.4 is 10.6 Å². The van der Waals surface area contributed by atoms with Gasteiger partial charge in [-0.05, 0) is 48.8 Å². The molecular formula is C19H22N2OS. The zero-order valence-electron chi connectivity index (χ0n) is 13.6. The summed E-state index contributed by atoms with van der Waals surface area (Å²) < 4.78 is 0. The maximum Gasteiger partial charge on any atom is 0.256 e. The van der Waals surface area contributed by atoms with E-state index in [1.54, 1.807) is 11.3 Å². The van der Waals surface area contributed by atoms with E-state index in [1.807, 2.05) is 12.1 Å². The summed E-state index contributed by atoms with van der Waals surface area (Å²) in [5, 5.41) is 7.77. The number of amides is 1. The average molecular weight is 326 g/mol. The van der Waals surface area contributed by atoms with Gasteiger partial charge in [0.1, 0.15) is 11.2 Å². The van der Waals surface area contributed by atoms with Crippen molar-refractivity contribution in [2.45, 2.75) is 45.7 Å². The Morgan fingerprint density at radius 2 is 2.09 bits per heavy atom. The third kappa shape index (κ3) is 2.45. The fourth-order valence-electron chi connectivity index (χ4n) is 3.78. The Labute approximate surface area is 141 Å². The number of carbonyl (C=O) groups excluding carboxylic acids is 1. The predicted molar refractivity (Wildman–Crippen MR) is 95.1 cm³/mol. The van der Waals surface area contributed by atoms with Crippen LogP contribution in [0, 0.1) is 12.8 Å². The van der Waals surface area contributed by atoms with Crippen LogP contribution in [-0.2, 0) is 12.8 Å². The third-order valence-corrected chi connectivity index (χ3v) is 6.41. The molecule has 0 bridgehead atoms. The van der Waals surface area contributed by atoms with E-state index in [4.69, 9.17) is 0 Å². The molecule has 2 atom stereocenters. The Morgan fingerprint density at radius 1 is 1.26 bits per heavy atom. The van der Waals surface area contributed by atoms with Gasteiger partial charge in [-0.1, -0.05) is 37.6 Å². The number of fused-ring (bicyclic) bond motifs is 3. The molecule has 0 saturated carbocycles. The molecule has 2 N–H and O–H groups in total. The fraction of sp³-hybridized carbons (Fsp3) is 0.421. The number of hydrogen-bond acceptors (Lipinski definition) is 3. The second kappa shape index (κ2) is 5.68. The first-order valence-electron chi connectivity index (χ1n) is 8.44. The first-order chi connectivity index (χ1) is 11.2. The molecule has 0 unspecified atom stereocenters. The quantitative estimate of drug-likeness (QED) is 0.857. The van der Waals surface area contributed by atoms with Crippen LogP contribution in [0.2, 0.25) is 0 Å². The molecule has 1 amide bonds. The Kier molecular flexibility index (Phi) is 3.64. The van der Waals surface area contributed by atoms with E-state index in [-0.39, 0.29) is 12.1 Å². The molecule has 0 fully saturated rings. The summed E-state index contributed by atoms with van der Waals surface area (Å²) in [6.45, 7) is 4.35. The van der Waals surface area contributed by atoms with Crippen molar-refractivity contribution in [3.8, 4) is 0 Å². The lowest BCUT2D eigenvalue weighted by atomic mass is 9.85. The minimum absolute atomic E-state index is 0.0828. The highest BCUT2D eigenvalue weighted by molar-refractivity contribution is 7.16. The number of anilines is 1. The summed E-state index contributed by atoms with van der Waals surface area (Å²) in [5.74, 6) is 0.859. The van der Waals surface area contributed by atoms with Gasteiger partial charge in [0.2, 0.25) is 0 Å². The van der Waals surface area contributed by atoms with Crippen LogP contribution in [0.15, 0.2) is 24.3 Å². The van der Waals surface area contributed by atoms with Gasteiger partial charge in [0.25, 0.3) is 5.91 Å². The average Bonchev–Trinajstić information content (AvgIpc) is 2.92. The van der Waals surface area contributed by atoms with Crippen molar-refractivity contribution in [3.05, 3.63) is 51.4 Å². The van der Waals surface area contributed by atoms with Crippen molar-refractivity contribution < 1.29 is 4.79 Å². The predicted octanol–water partition coefficient (Wildman–Crippen LogP) is 4.43. The van der Waals surface area contributed by atoms with Gasteiger partial charge in [0.05, 0.1) is 5.56 Å². The topological polar surface area (TPSA) is 41.1 Å². The van der Waals surface area contributed by atoms with Gasteiger partial charge in [-0.25, -0.2) is 0 Å². The summed E-state index contributed by atoms with van der Waals surface area (Å²) in [7, 11) is 0. The monoisotopic (exact) mass is 326 g/mol. The second-order valence-corrected chi connectivity index (χ2v) is 7.74. The number of hydrogen-bond donors (Lipinski definition) is 2. The van der Waals surface area contributed by atoms with E-state index < -0.39 is 0 Å². The molecular weight excluding hydrogens is 304 g/mol. The molecule has 1 aliphatic carbocycles. The van der Waals surface area contributed by atoms with Crippen LogP contribution in [0.5, 0.6) is 0 Å². The molecule has 2 aliphatic rings. The van der Waals surface area contributed by atoms with E-state index in [0.29, 0.717) is 0 Å². The van der Waals surface area contributed by atoms with Crippen LogP contribution in [0.3, 0.4) is 0 Å². The summed E-state index contributed by atoms with van der Waals surface area (Å²) in [6, 6.07) is 8.23. The summed E-state index contributed by atoms with van der Waals surface area (Å²) in [6.07, 6.45) is 4.49. The normalized spacial score (nSPS) is 22.8. The van der Waals surface area contributed by atoms with Gasteiger partial charge in [0, 0.05) is 4.88 Å². The first kappa shape index (κ1) is 14.8. The second-order valence-electron chi connectivity index (χ2n) is 6.63. The number of nitrogens with one attached hydrogen (secondary N) is 2. The maximum absolute atomic E-state index is 12.7. The summed E-state index contributed by atoms with van der Waals surface area (Å²) >= 11 is 1.79. The van der Waals surface area contributed by atoms with E-state index in [9.17, 15) is 4.79 Å².